The van der Waals surface area contributed by atoms with Gasteiger partial charge in [-0.15, -0.1) is 0 Å². The molecule has 4 unspecified atom stereocenters. The number of nitro groups is 1. The van der Waals surface area contributed by atoms with Crippen LogP contribution in [0.5, 0.6) is 0 Å². The van der Waals surface area contributed by atoms with Crippen LogP contribution in [0.25, 0.3) is 0 Å². The molecule has 2 fully saturated rings. The fourth-order valence-electron chi connectivity index (χ4n) is 5.37. The van der Waals surface area contributed by atoms with Crippen LogP contribution in [-0.4, -0.2) is 53.8 Å². The fraction of sp³-hybridized carbons (Fsp3) is 0.400. The highest BCUT2D eigenvalue weighted by atomic mass is 16.7. The van der Waals surface area contributed by atoms with Gasteiger partial charge in [-0.3, -0.25) is 15.0 Å². The number of ether oxygens (including phenoxy) is 2. The molecular weight excluding hydrogens is 496 g/mol. The summed E-state index contributed by atoms with van der Waals surface area (Å²) in [5.74, 6) is 0.109. The number of hydrogen-bond donors (Lipinski definition) is 2. The van der Waals surface area contributed by atoms with Crippen LogP contribution < -0.4 is 10.6 Å². The standard InChI is InChI=1S/C30H36N4O5/c1-21-28(19-32-14-16-33(17-15-32)26-10-12-27(13-11-26)34(36)37)38-30(25-8-2-22(18-31)3-9-25)39-29(21)24-6-4-23(20-35)5-7-24/h2-13,21,28-30,35H,14-20,31H2,1H3. The summed E-state index contributed by atoms with van der Waals surface area (Å²) in [6.45, 7) is 6.87. The zero-order chi connectivity index (χ0) is 27.4. The second-order valence-electron chi connectivity index (χ2n) is 10.3. The Bertz CT molecular complexity index is 1230. The molecule has 9 heteroatoms. The first-order chi connectivity index (χ1) is 18.9. The quantitative estimate of drug-likeness (QED) is 0.328. The maximum absolute atomic E-state index is 11.0. The normalized spacial score (nSPS) is 24.0. The smallest absolute Gasteiger partial charge is 0.269 e. The number of benzene rings is 3. The van der Waals surface area contributed by atoms with Gasteiger partial charge in [0, 0.05) is 68.6 Å². The van der Waals surface area contributed by atoms with E-state index in [-0.39, 0.29) is 35.3 Å². The minimum atomic E-state index is -0.498. The number of piperazine rings is 1. The third-order valence-electron chi connectivity index (χ3n) is 7.85. The monoisotopic (exact) mass is 532 g/mol. The van der Waals surface area contributed by atoms with E-state index in [0.29, 0.717) is 6.54 Å². The van der Waals surface area contributed by atoms with Crippen molar-refractivity contribution in [3.63, 3.8) is 0 Å². The summed E-state index contributed by atoms with van der Waals surface area (Å²) in [5, 5.41) is 20.5. The Labute approximate surface area is 228 Å². The third-order valence-corrected chi connectivity index (χ3v) is 7.85. The van der Waals surface area contributed by atoms with Crippen molar-refractivity contribution >= 4 is 11.4 Å². The SMILES string of the molecule is CC1C(CN2CCN(c3ccc([N+](=O)[O-])cc3)CC2)OC(c2ccc(CN)cc2)OC1c1ccc(CO)cc1. The summed E-state index contributed by atoms with van der Waals surface area (Å²) in [6, 6.07) is 22.8. The molecular formula is C30H36N4O5. The number of hydrogen-bond acceptors (Lipinski definition) is 8. The molecule has 0 saturated carbocycles. The van der Waals surface area contributed by atoms with Gasteiger partial charge in [0.2, 0.25) is 0 Å². The summed E-state index contributed by atoms with van der Waals surface area (Å²) in [7, 11) is 0. The molecule has 0 bridgehead atoms. The van der Waals surface area contributed by atoms with Crippen molar-refractivity contribution in [1.82, 2.24) is 4.90 Å². The lowest BCUT2D eigenvalue weighted by Gasteiger charge is -2.44. The van der Waals surface area contributed by atoms with Crippen LogP contribution in [0.2, 0.25) is 0 Å². The van der Waals surface area contributed by atoms with Gasteiger partial charge in [0.1, 0.15) is 0 Å². The van der Waals surface area contributed by atoms with Gasteiger partial charge in [-0.05, 0) is 28.8 Å². The predicted molar refractivity (Wildman–Crippen MR) is 149 cm³/mol. The van der Waals surface area contributed by atoms with Crippen LogP contribution in [0.15, 0.2) is 72.8 Å². The van der Waals surface area contributed by atoms with E-state index in [0.717, 1.165) is 60.7 Å². The van der Waals surface area contributed by atoms with Crippen LogP contribution in [0.4, 0.5) is 11.4 Å². The summed E-state index contributed by atoms with van der Waals surface area (Å²) in [6.07, 6.45) is -0.703. The largest absolute Gasteiger partial charge is 0.392 e. The molecule has 2 aliphatic rings. The maximum Gasteiger partial charge on any atom is 0.269 e. The molecule has 3 N–H and O–H groups in total. The average molecular weight is 533 g/mol. The van der Waals surface area contributed by atoms with Gasteiger partial charge >= 0.3 is 0 Å². The number of aliphatic hydroxyl groups is 1. The van der Waals surface area contributed by atoms with Crippen LogP contribution in [0, 0.1) is 16.0 Å². The highest BCUT2D eigenvalue weighted by Gasteiger charge is 2.39. The Kier molecular flexibility index (Phi) is 8.54. The molecule has 5 rings (SSSR count). The van der Waals surface area contributed by atoms with E-state index in [9.17, 15) is 15.2 Å². The van der Waals surface area contributed by atoms with Gasteiger partial charge in [0.25, 0.3) is 5.69 Å². The lowest BCUT2D eigenvalue weighted by Crippen LogP contribution is -2.51. The predicted octanol–water partition coefficient (Wildman–Crippen LogP) is 4.16. The minimum absolute atomic E-state index is 0.00899. The Balaban J connectivity index is 1.29. The molecule has 0 aliphatic carbocycles. The van der Waals surface area contributed by atoms with E-state index < -0.39 is 6.29 Å². The molecule has 39 heavy (non-hydrogen) atoms. The topological polar surface area (TPSA) is 114 Å². The van der Waals surface area contributed by atoms with Crippen molar-refractivity contribution in [1.29, 1.82) is 0 Å². The molecule has 0 amide bonds. The first-order valence-electron chi connectivity index (χ1n) is 13.5. The number of nitrogens with zero attached hydrogens (tertiary/aromatic N) is 3. The van der Waals surface area contributed by atoms with Crippen molar-refractivity contribution in [2.45, 2.75) is 38.6 Å². The highest BCUT2D eigenvalue weighted by Crippen LogP contribution is 2.42. The van der Waals surface area contributed by atoms with Crippen LogP contribution in [0.3, 0.4) is 0 Å². The number of nitrogens with two attached hydrogens (primary N) is 1. The molecule has 2 saturated heterocycles. The van der Waals surface area contributed by atoms with Crippen molar-refractivity contribution < 1.29 is 19.5 Å². The minimum Gasteiger partial charge on any atom is -0.392 e. The molecule has 3 aromatic rings. The number of non-ortho nitro benzene ring substituents is 1. The first kappa shape index (κ1) is 27.2. The Morgan fingerprint density at radius 3 is 2.10 bits per heavy atom. The number of aliphatic hydroxyl groups excluding tert-OH is 1. The highest BCUT2D eigenvalue weighted by molar-refractivity contribution is 5.51. The lowest BCUT2D eigenvalue weighted by molar-refractivity contribution is -0.384. The Morgan fingerprint density at radius 1 is 0.897 bits per heavy atom. The number of rotatable bonds is 8. The fourth-order valence-corrected chi connectivity index (χ4v) is 5.37. The zero-order valence-corrected chi connectivity index (χ0v) is 22.2. The molecule has 0 aromatic heterocycles. The molecule has 0 spiro atoms. The second kappa shape index (κ2) is 12.2. The van der Waals surface area contributed by atoms with Crippen molar-refractivity contribution in [2.75, 3.05) is 37.6 Å². The van der Waals surface area contributed by atoms with E-state index in [4.69, 9.17) is 15.2 Å². The van der Waals surface area contributed by atoms with Gasteiger partial charge in [0.15, 0.2) is 6.29 Å². The third kappa shape index (κ3) is 6.29. The molecule has 2 heterocycles. The van der Waals surface area contributed by atoms with Gasteiger partial charge < -0.3 is 25.2 Å². The van der Waals surface area contributed by atoms with Crippen LogP contribution in [-0.2, 0) is 22.6 Å². The summed E-state index contributed by atoms with van der Waals surface area (Å²) < 4.78 is 13.1. The summed E-state index contributed by atoms with van der Waals surface area (Å²) in [5.41, 5.74) is 10.9. The van der Waals surface area contributed by atoms with Gasteiger partial charge in [0.05, 0.1) is 23.7 Å². The van der Waals surface area contributed by atoms with Gasteiger partial charge in [-0.1, -0.05) is 55.5 Å². The van der Waals surface area contributed by atoms with Gasteiger partial charge in [-0.25, -0.2) is 0 Å². The van der Waals surface area contributed by atoms with Crippen molar-refractivity contribution in [3.05, 3.63) is 105 Å². The molecule has 206 valence electrons. The molecule has 0 radical (unpaired) electrons. The van der Waals surface area contributed by atoms with Crippen LogP contribution in [0.1, 0.15) is 41.6 Å². The van der Waals surface area contributed by atoms with E-state index >= 15 is 0 Å². The molecule has 4 atom stereocenters. The maximum atomic E-state index is 11.0. The van der Waals surface area contributed by atoms with E-state index in [1.807, 2.05) is 60.7 Å². The molecule has 2 aliphatic heterocycles. The first-order valence-corrected chi connectivity index (χ1v) is 13.5. The van der Waals surface area contributed by atoms with Gasteiger partial charge in [-0.2, -0.15) is 0 Å². The number of nitro benzene ring substituents is 1. The summed E-state index contributed by atoms with van der Waals surface area (Å²) in [4.78, 5) is 15.3. The van der Waals surface area contributed by atoms with Crippen LogP contribution >= 0.6 is 0 Å². The average Bonchev–Trinajstić information content (AvgIpc) is 2.99. The van der Waals surface area contributed by atoms with E-state index in [1.54, 1.807) is 12.1 Å². The Morgan fingerprint density at radius 2 is 1.51 bits per heavy atom. The number of anilines is 1. The van der Waals surface area contributed by atoms with E-state index in [1.165, 1.54) is 0 Å². The van der Waals surface area contributed by atoms with Crippen molar-refractivity contribution in [2.24, 2.45) is 11.7 Å². The Hall–Kier alpha value is -3.34. The summed E-state index contributed by atoms with van der Waals surface area (Å²) >= 11 is 0. The second-order valence-corrected chi connectivity index (χ2v) is 10.3. The zero-order valence-electron chi connectivity index (χ0n) is 22.2. The molecule has 9 nitrogen and oxygen atoms in total. The van der Waals surface area contributed by atoms with Crippen molar-refractivity contribution in [3.8, 4) is 0 Å². The lowest BCUT2D eigenvalue weighted by atomic mass is 9.90. The van der Waals surface area contributed by atoms with E-state index in [2.05, 4.69) is 16.7 Å². The molecule has 3 aromatic carbocycles.